The minimum absolute atomic E-state index is 0.0504. The summed E-state index contributed by atoms with van der Waals surface area (Å²) in [7, 11) is 0. The zero-order chi connectivity index (χ0) is 14.8. The molecule has 1 aromatic rings. The van der Waals surface area contributed by atoms with E-state index in [1.807, 2.05) is 0 Å². The molecule has 0 unspecified atom stereocenters. The van der Waals surface area contributed by atoms with Gasteiger partial charge in [-0.3, -0.25) is 14.6 Å². The number of unbranched alkanes of at least 4 members (excludes halogenated alkanes) is 3. The highest BCUT2D eigenvalue weighted by Crippen LogP contribution is 2.09. The van der Waals surface area contributed by atoms with Crippen molar-refractivity contribution in [3.63, 3.8) is 0 Å². The van der Waals surface area contributed by atoms with Gasteiger partial charge in [-0.2, -0.15) is 0 Å². The molecule has 20 heavy (non-hydrogen) atoms. The second-order valence-corrected chi connectivity index (χ2v) is 4.61. The van der Waals surface area contributed by atoms with Gasteiger partial charge in [0, 0.05) is 6.42 Å². The van der Waals surface area contributed by atoms with E-state index in [9.17, 15) is 9.59 Å². The lowest BCUT2D eigenvalue weighted by Gasteiger charge is -2.05. The first-order chi connectivity index (χ1) is 9.61. The molecule has 6 nitrogen and oxygen atoms in total. The third-order valence-electron chi connectivity index (χ3n) is 2.80. The molecular formula is C14H21N3O3. The van der Waals surface area contributed by atoms with Crippen molar-refractivity contribution in [2.75, 3.05) is 11.9 Å². The number of carboxylic acids is 1. The van der Waals surface area contributed by atoms with Crippen molar-refractivity contribution in [2.24, 2.45) is 5.73 Å². The summed E-state index contributed by atoms with van der Waals surface area (Å²) in [4.78, 5) is 26.1. The van der Waals surface area contributed by atoms with Crippen LogP contribution in [-0.2, 0) is 16.0 Å². The lowest BCUT2D eigenvalue weighted by atomic mass is 10.1. The molecule has 1 heterocycles. The van der Waals surface area contributed by atoms with Crippen molar-refractivity contribution >= 4 is 17.6 Å². The average molecular weight is 279 g/mol. The van der Waals surface area contributed by atoms with Gasteiger partial charge in [-0.15, -0.1) is 0 Å². The predicted octanol–water partition coefficient (Wildman–Crippen LogP) is 1.56. The van der Waals surface area contributed by atoms with Gasteiger partial charge in [-0.05, 0) is 31.5 Å². The number of nitrogens with one attached hydrogen (secondary N) is 1. The van der Waals surface area contributed by atoms with Crippen LogP contribution in [0.3, 0.4) is 0 Å². The molecule has 0 aliphatic rings. The van der Waals surface area contributed by atoms with Gasteiger partial charge in [0.2, 0.25) is 5.91 Å². The molecule has 0 radical (unpaired) electrons. The third-order valence-corrected chi connectivity index (χ3v) is 2.80. The van der Waals surface area contributed by atoms with Crippen LogP contribution in [0.1, 0.15) is 37.8 Å². The monoisotopic (exact) mass is 279 g/mol. The van der Waals surface area contributed by atoms with Gasteiger partial charge in [0.15, 0.2) is 0 Å². The number of amides is 1. The van der Waals surface area contributed by atoms with Crippen molar-refractivity contribution in [1.29, 1.82) is 0 Å². The number of hydrogen-bond donors (Lipinski definition) is 3. The van der Waals surface area contributed by atoms with Crippen LogP contribution in [0, 0.1) is 0 Å². The average Bonchev–Trinajstić information content (AvgIpc) is 2.40. The molecule has 0 fully saturated rings. The number of carboxylic acid groups (broad SMARTS) is 1. The van der Waals surface area contributed by atoms with Crippen molar-refractivity contribution in [2.45, 2.75) is 38.5 Å². The Morgan fingerprint density at radius 1 is 1.20 bits per heavy atom. The molecule has 0 aliphatic heterocycles. The number of aromatic nitrogens is 1. The summed E-state index contributed by atoms with van der Waals surface area (Å²) in [6, 6.07) is 3.27. The fourth-order valence-corrected chi connectivity index (χ4v) is 1.76. The highest BCUT2D eigenvalue weighted by Gasteiger charge is 2.04. The molecule has 0 bridgehead atoms. The lowest BCUT2D eigenvalue weighted by Crippen LogP contribution is -2.11. The molecule has 0 saturated heterocycles. The molecule has 1 aromatic heterocycles. The number of pyridine rings is 1. The van der Waals surface area contributed by atoms with Gasteiger partial charge in [-0.1, -0.05) is 12.8 Å². The van der Waals surface area contributed by atoms with Gasteiger partial charge < -0.3 is 16.2 Å². The van der Waals surface area contributed by atoms with Crippen molar-refractivity contribution < 1.29 is 14.7 Å². The Morgan fingerprint density at radius 3 is 2.55 bits per heavy atom. The predicted molar refractivity (Wildman–Crippen MR) is 76.3 cm³/mol. The zero-order valence-electron chi connectivity index (χ0n) is 11.5. The van der Waals surface area contributed by atoms with Gasteiger partial charge >= 0.3 is 5.97 Å². The first-order valence-corrected chi connectivity index (χ1v) is 6.78. The molecule has 110 valence electrons. The Bertz CT molecular complexity index is 432. The second-order valence-electron chi connectivity index (χ2n) is 4.61. The molecule has 0 saturated carbocycles. The smallest absolute Gasteiger partial charge is 0.309 e. The standard InChI is InChI=1S/C14H21N3O3/c15-8-4-2-1-3-5-13(18)17-12-7-6-11(16-10-12)9-14(19)20/h6-7,10H,1-5,8-9,15H2,(H,17,18)(H,19,20). The van der Waals surface area contributed by atoms with E-state index in [1.165, 1.54) is 6.20 Å². The summed E-state index contributed by atoms with van der Waals surface area (Å²) in [6.07, 6.45) is 5.73. The Hall–Kier alpha value is -1.95. The highest BCUT2D eigenvalue weighted by atomic mass is 16.4. The maximum absolute atomic E-state index is 11.7. The number of rotatable bonds is 9. The van der Waals surface area contributed by atoms with Crippen LogP contribution in [0.4, 0.5) is 5.69 Å². The van der Waals surface area contributed by atoms with Crippen LogP contribution in [0.15, 0.2) is 18.3 Å². The number of carbonyl (C=O) groups is 2. The van der Waals surface area contributed by atoms with E-state index in [-0.39, 0.29) is 12.3 Å². The lowest BCUT2D eigenvalue weighted by molar-refractivity contribution is -0.136. The van der Waals surface area contributed by atoms with E-state index in [1.54, 1.807) is 12.1 Å². The molecule has 0 aliphatic carbocycles. The van der Waals surface area contributed by atoms with Gasteiger partial charge in [0.1, 0.15) is 0 Å². The molecule has 1 amide bonds. The highest BCUT2D eigenvalue weighted by molar-refractivity contribution is 5.90. The third kappa shape index (κ3) is 6.84. The number of hydrogen-bond acceptors (Lipinski definition) is 4. The van der Waals surface area contributed by atoms with Crippen LogP contribution < -0.4 is 11.1 Å². The molecule has 0 aromatic carbocycles. The topological polar surface area (TPSA) is 105 Å². The number of anilines is 1. The Kier molecular flexibility index (Phi) is 7.27. The summed E-state index contributed by atoms with van der Waals surface area (Å²) >= 11 is 0. The SMILES string of the molecule is NCCCCCCC(=O)Nc1ccc(CC(=O)O)nc1. The normalized spacial score (nSPS) is 10.2. The van der Waals surface area contributed by atoms with Gasteiger partial charge in [0.25, 0.3) is 0 Å². The first kappa shape index (κ1) is 16.1. The van der Waals surface area contributed by atoms with E-state index in [0.29, 0.717) is 24.3 Å². The van der Waals surface area contributed by atoms with E-state index >= 15 is 0 Å². The summed E-state index contributed by atoms with van der Waals surface area (Å²) in [5, 5.41) is 11.4. The number of aliphatic carboxylic acids is 1. The van der Waals surface area contributed by atoms with E-state index in [4.69, 9.17) is 10.8 Å². The summed E-state index contributed by atoms with van der Waals surface area (Å²) in [5.74, 6) is -0.975. The fraction of sp³-hybridized carbons (Fsp3) is 0.500. The summed E-state index contributed by atoms with van der Waals surface area (Å²) in [5.41, 5.74) is 6.45. The summed E-state index contributed by atoms with van der Waals surface area (Å²) in [6.45, 7) is 0.695. The number of nitrogens with zero attached hydrogens (tertiary/aromatic N) is 1. The maximum Gasteiger partial charge on any atom is 0.309 e. The zero-order valence-corrected chi connectivity index (χ0v) is 11.5. The van der Waals surface area contributed by atoms with E-state index in [0.717, 1.165) is 25.7 Å². The quantitative estimate of drug-likeness (QED) is 0.595. The summed E-state index contributed by atoms with van der Waals surface area (Å²) < 4.78 is 0. The molecule has 4 N–H and O–H groups in total. The van der Waals surface area contributed by atoms with Crippen molar-refractivity contribution in [3.05, 3.63) is 24.0 Å². The Labute approximate surface area is 118 Å². The molecule has 0 spiro atoms. The van der Waals surface area contributed by atoms with E-state index < -0.39 is 5.97 Å². The van der Waals surface area contributed by atoms with Gasteiger partial charge in [0.05, 0.1) is 24.0 Å². The first-order valence-electron chi connectivity index (χ1n) is 6.78. The van der Waals surface area contributed by atoms with Crippen molar-refractivity contribution in [1.82, 2.24) is 4.98 Å². The van der Waals surface area contributed by atoms with Crippen LogP contribution in [0.2, 0.25) is 0 Å². The molecule has 0 atom stereocenters. The maximum atomic E-state index is 11.7. The Morgan fingerprint density at radius 2 is 1.95 bits per heavy atom. The second kappa shape index (κ2) is 9.03. The fourth-order valence-electron chi connectivity index (χ4n) is 1.76. The van der Waals surface area contributed by atoms with Gasteiger partial charge in [-0.25, -0.2) is 0 Å². The minimum atomic E-state index is -0.924. The molecule has 6 heteroatoms. The number of carbonyl (C=O) groups excluding carboxylic acids is 1. The molecule has 1 rings (SSSR count). The van der Waals surface area contributed by atoms with E-state index in [2.05, 4.69) is 10.3 Å². The van der Waals surface area contributed by atoms with Crippen LogP contribution in [0.25, 0.3) is 0 Å². The van der Waals surface area contributed by atoms with Crippen LogP contribution in [-0.4, -0.2) is 28.5 Å². The number of nitrogens with two attached hydrogens (primary N) is 1. The Balaban J connectivity index is 2.29. The van der Waals surface area contributed by atoms with Crippen LogP contribution >= 0.6 is 0 Å². The van der Waals surface area contributed by atoms with Crippen molar-refractivity contribution in [3.8, 4) is 0 Å². The minimum Gasteiger partial charge on any atom is -0.481 e. The molecular weight excluding hydrogens is 258 g/mol. The van der Waals surface area contributed by atoms with Crippen LogP contribution in [0.5, 0.6) is 0 Å². The largest absolute Gasteiger partial charge is 0.481 e.